The van der Waals surface area contributed by atoms with Crippen LogP contribution in [0.25, 0.3) is 6.08 Å². The van der Waals surface area contributed by atoms with Crippen LogP contribution in [0.5, 0.6) is 5.75 Å². The molecular formula is C13H11BrF3NO3. The largest absolute Gasteiger partial charge is 0.460 e. The molecule has 0 saturated heterocycles. The van der Waals surface area contributed by atoms with Gasteiger partial charge in [-0.15, -0.1) is 0 Å². The Kier molecular flexibility index (Phi) is 4.29. The molecule has 2 N–H and O–H groups in total. The number of hydrogen-bond donors (Lipinski definition) is 2. The summed E-state index contributed by atoms with van der Waals surface area (Å²) in [6.45, 7) is -0.477. The van der Waals surface area contributed by atoms with Gasteiger partial charge in [0.2, 0.25) is 5.91 Å². The molecule has 1 aromatic rings. The summed E-state index contributed by atoms with van der Waals surface area (Å²) in [4.78, 5) is 11.2. The third-order valence-electron chi connectivity index (χ3n) is 2.92. The minimum Gasteiger partial charge on any atom is -0.449 e. The van der Waals surface area contributed by atoms with Crippen LogP contribution in [0.2, 0.25) is 0 Å². The lowest BCUT2D eigenvalue weighted by atomic mass is 9.98. The van der Waals surface area contributed by atoms with Gasteiger partial charge in [-0.3, -0.25) is 4.79 Å². The molecule has 0 saturated carbocycles. The molecule has 8 heteroatoms. The second kappa shape index (κ2) is 5.69. The van der Waals surface area contributed by atoms with Crippen molar-refractivity contribution in [2.75, 3.05) is 11.9 Å². The number of aliphatic hydroxyl groups is 1. The van der Waals surface area contributed by atoms with E-state index in [2.05, 4.69) is 21.2 Å². The lowest BCUT2D eigenvalue weighted by molar-refractivity contribution is -0.317. The number of nitrogens with one attached hydrogen (secondary N) is 1. The maximum absolute atomic E-state index is 13.1. The van der Waals surface area contributed by atoms with E-state index in [-0.39, 0.29) is 11.1 Å². The Morgan fingerprint density at radius 2 is 2.05 bits per heavy atom. The van der Waals surface area contributed by atoms with E-state index in [0.717, 1.165) is 0 Å². The van der Waals surface area contributed by atoms with Crippen LogP contribution in [-0.4, -0.2) is 34.9 Å². The van der Waals surface area contributed by atoms with Crippen molar-refractivity contribution >= 4 is 27.9 Å². The van der Waals surface area contributed by atoms with E-state index in [1.54, 1.807) is 12.1 Å². The number of para-hydroxylation sites is 1. The fourth-order valence-electron chi connectivity index (χ4n) is 1.85. The Hall–Kier alpha value is -1.54. The van der Waals surface area contributed by atoms with Crippen molar-refractivity contribution in [1.29, 1.82) is 0 Å². The van der Waals surface area contributed by atoms with Crippen molar-refractivity contribution in [2.45, 2.75) is 12.0 Å². The molecule has 1 aliphatic rings. The first-order valence-corrected chi connectivity index (χ1v) is 7.01. The van der Waals surface area contributed by atoms with E-state index in [0.29, 0.717) is 5.56 Å². The highest BCUT2D eigenvalue weighted by Crippen LogP contribution is 2.43. The van der Waals surface area contributed by atoms with E-state index in [1.807, 2.05) is 0 Å². The molecule has 1 unspecified atom stereocenters. The molecule has 21 heavy (non-hydrogen) atoms. The summed E-state index contributed by atoms with van der Waals surface area (Å²) < 4.78 is 44.2. The zero-order chi connectivity index (χ0) is 15.7. The van der Waals surface area contributed by atoms with E-state index in [1.165, 1.54) is 18.2 Å². The maximum atomic E-state index is 13.1. The van der Waals surface area contributed by atoms with Gasteiger partial charge in [-0.2, -0.15) is 13.2 Å². The monoisotopic (exact) mass is 365 g/mol. The van der Waals surface area contributed by atoms with E-state index in [9.17, 15) is 23.1 Å². The number of amides is 1. The second-order valence-corrected chi connectivity index (χ2v) is 4.92. The molecule has 4 nitrogen and oxygen atoms in total. The molecule has 0 fully saturated rings. The average Bonchev–Trinajstić information content (AvgIpc) is 2.43. The minimum atomic E-state index is -5.04. The molecule has 0 bridgehead atoms. The standard InChI is InChI=1S/C13H11BrF3NO3/c14-6-11(19)18-7-9-5-8-3-1-2-4-10(8)21-12(9,20)13(15,16)17/h1-5,20H,6-7H2,(H,18,19). The number of carbonyl (C=O) groups is 1. The van der Waals surface area contributed by atoms with Crippen LogP contribution in [0.3, 0.4) is 0 Å². The topological polar surface area (TPSA) is 58.6 Å². The first-order valence-electron chi connectivity index (χ1n) is 5.89. The van der Waals surface area contributed by atoms with Gasteiger partial charge in [0, 0.05) is 17.7 Å². The number of rotatable bonds is 3. The van der Waals surface area contributed by atoms with E-state index < -0.39 is 30.0 Å². The van der Waals surface area contributed by atoms with Crippen molar-refractivity contribution in [3.63, 3.8) is 0 Å². The molecule has 1 aromatic carbocycles. The zero-order valence-corrected chi connectivity index (χ0v) is 12.2. The van der Waals surface area contributed by atoms with Crippen molar-refractivity contribution in [3.8, 4) is 5.75 Å². The van der Waals surface area contributed by atoms with Gasteiger partial charge in [0.25, 0.3) is 0 Å². The number of alkyl halides is 4. The fraction of sp³-hybridized carbons (Fsp3) is 0.308. The van der Waals surface area contributed by atoms with Gasteiger partial charge in [-0.25, -0.2) is 0 Å². The molecule has 2 rings (SSSR count). The molecule has 1 heterocycles. The van der Waals surface area contributed by atoms with Gasteiger partial charge in [-0.05, 0) is 12.1 Å². The normalized spacial score (nSPS) is 21.1. The average molecular weight is 366 g/mol. The Bertz CT molecular complexity index is 588. The number of hydrogen-bond acceptors (Lipinski definition) is 3. The molecule has 1 atom stereocenters. The van der Waals surface area contributed by atoms with Crippen LogP contribution in [0.1, 0.15) is 5.56 Å². The summed E-state index contributed by atoms with van der Waals surface area (Å²) in [6.07, 6.45) is -3.87. The molecule has 0 aliphatic carbocycles. The Balaban J connectivity index is 2.39. The first-order chi connectivity index (χ1) is 9.78. The molecular weight excluding hydrogens is 355 g/mol. The van der Waals surface area contributed by atoms with E-state index >= 15 is 0 Å². The van der Waals surface area contributed by atoms with Crippen LogP contribution in [0.15, 0.2) is 29.8 Å². The number of halogens is 4. The lowest BCUT2D eigenvalue weighted by Gasteiger charge is -2.36. The number of fused-ring (bicyclic) bond motifs is 1. The highest BCUT2D eigenvalue weighted by atomic mass is 79.9. The summed E-state index contributed by atoms with van der Waals surface area (Å²) in [7, 11) is 0. The second-order valence-electron chi connectivity index (χ2n) is 4.36. The molecule has 0 aromatic heterocycles. The van der Waals surface area contributed by atoms with Gasteiger partial charge in [0.15, 0.2) is 0 Å². The summed E-state index contributed by atoms with van der Waals surface area (Å²) >= 11 is 2.89. The predicted octanol–water partition coefficient (Wildman–Crippen LogP) is 2.22. The highest BCUT2D eigenvalue weighted by molar-refractivity contribution is 9.09. The Morgan fingerprint density at radius 1 is 1.38 bits per heavy atom. The SMILES string of the molecule is O=C(CBr)NCC1=Cc2ccccc2OC1(O)C(F)(F)F. The molecule has 0 spiro atoms. The summed E-state index contributed by atoms with van der Waals surface area (Å²) in [5.41, 5.74) is -0.0856. The molecule has 1 aliphatic heterocycles. The molecule has 1 amide bonds. The Morgan fingerprint density at radius 3 is 2.67 bits per heavy atom. The van der Waals surface area contributed by atoms with Crippen LogP contribution in [0.4, 0.5) is 13.2 Å². The van der Waals surface area contributed by atoms with Crippen LogP contribution >= 0.6 is 15.9 Å². The summed E-state index contributed by atoms with van der Waals surface area (Å²) in [6, 6.07) is 6.01. The Labute approximate surface area is 126 Å². The van der Waals surface area contributed by atoms with Crippen LogP contribution < -0.4 is 10.1 Å². The van der Waals surface area contributed by atoms with E-state index in [4.69, 9.17) is 4.74 Å². The van der Waals surface area contributed by atoms with Crippen LogP contribution in [0, 0.1) is 0 Å². The third kappa shape index (κ3) is 3.06. The zero-order valence-electron chi connectivity index (χ0n) is 10.6. The maximum Gasteiger partial charge on any atom is 0.460 e. The van der Waals surface area contributed by atoms with Gasteiger partial charge >= 0.3 is 12.0 Å². The number of ether oxygens (including phenoxy) is 1. The van der Waals surface area contributed by atoms with Crippen LogP contribution in [-0.2, 0) is 4.79 Å². The molecule has 114 valence electrons. The summed E-state index contributed by atoms with van der Waals surface area (Å²) in [5, 5.41) is 12.1. The predicted molar refractivity (Wildman–Crippen MR) is 72.9 cm³/mol. The number of carbonyl (C=O) groups excluding carboxylic acids is 1. The fourth-order valence-corrected chi connectivity index (χ4v) is 2.05. The van der Waals surface area contributed by atoms with Gasteiger partial charge in [0.05, 0.1) is 5.33 Å². The quantitative estimate of drug-likeness (QED) is 0.807. The van der Waals surface area contributed by atoms with Gasteiger partial charge in [-0.1, -0.05) is 34.1 Å². The van der Waals surface area contributed by atoms with Gasteiger partial charge in [0.1, 0.15) is 5.75 Å². The van der Waals surface area contributed by atoms with Crippen molar-refractivity contribution in [1.82, 2.24) is 5.32 Å². The minimum absolute atomic E-state index is 0.0534. The first kappa shape index (κ1) is 15.8. The summed E-state index contributed by atoms with van der Waals surface area (Å²) in [5.74, 6) is -4.03. The lowest BCUT2D eigenvalue weighted by Crippen LogP contribution is -2.55. The van der Waals surface area contributed by atoms with Gasteiger partial charge < -0.3 is 15.2 Å². The van der Waals surface area contributed by atoms with Crippen molar-refractivity contribution in [2.24, 2.45) is 0 Å². The smallest absolute Gasteiger partial charge is 0.449 e. The van der Waals surface area contributed by atoms with Crippen molar-refractivity contribution < 1.29 is 27.8 Å². The highest BCUT2D eigenvalue weighted by Gasteiger charge is 2.60. The number of benzene rings is 1. The van der Waals surface area contributed by atoms with Crippen molar-refractivity contribution in [3.05, 3.63) is 35.4 Å². The molecule has 0 radical (unpaired) electrons. The third-order valence-corrected chi connectivity index (χ3v) is 3.43.